The second-order valence-corrected chi connectivity index (χ2v) is 6.92. The average molecular weight is 425 g/mol. The minimum Gasteiger partial charge on any atom is -0.308 e. The summed E-state index contributed by atoms with van der Waals surface area (Å²) in [6.07, 6.45) is 3.39. The van der Waals surface area contributed by atoms with E-state index in [4.69, 9.17) is 0 Å². The molecule has 0 saturated heterocycles. The SMILES string of the molecule is O=C(Nc1cccc(F)c1)Nc1cccc(-c2ccc3nnc(-c4cccnc4)n3n2)c1. The van der Waals surface area contributed by atoms with Crippen LogP contribution < -0.4 is 10.6 Å². The number of benzene rings is 2. The molecule has 0 spiro atoms. The van der Waals surface area contributed by atoms with Crippen molar-refractivity contribution in [2.45, 2.75) is 0 Å². The fourth-order valence-corrected chi connectivity index (χ4v) is 3.23. The Labute approximate surface area is 181 Å². The summed E-state index contributed by atoms with van der Waals surface area (Å²) >= 11 is 0. The number of amides is 2. The van der Waals surface area contributed by atoms with E-state index in [-0.39, 0.29) is 0 Å². The number of carbonyl (C=O) groups excluding carboxylic acids is 1. The molecule has 0 aliphatic rings. The molecule has 0 atom stereocenters. The monoisotopic (exact) mass is 425 g/mol. The molecule has 3 aromatic heterocycles. The van der Waals surface area contributed by atoms with Crippen LogP contribution in [0.5, 0.6) is 0 Å². The minimum absolute atomic E-state index is 0.362. The second-order valence-electron chi connectivity index (χ2n) is 6.92. The molecular weight excluding hydrogens is 409 g/mol. The number of fused-ring (bicyclic) bond motifs is 1. The largest absolute Gasteiger partial charge is 0.323 e. The maximum Gasteiger partial charge on any atom is 0.323 e. The molecule has 9 heteroatoms. The first kappa shape index (κ1) is 19.3. The van der Waals surface area contributed by atoms with Crippen LogP contribution in [0.4, 0.5) is 20.6 Å². The lowest BCUT2D eigenvalue weighted by Gasteiger charge is -2.09. The number of pyridine rings is 1. The smallest absolute Gasteiger partial charge is 0.308 e. The quantitative estimate of drug-likeness (QED) is 0.437. The van der Waals surface area contributed by atoms with Crippen molar-refractivity contribution in [3.05, 3.63) is 91.0 Å². The number of hydrogen-bond donors (Lipinski definition) is 2. The molecule has 32 heavy (non-hydrogen) atoms. The van der Waals surface area contributed by atoms with Gasteiger partial charge in [0.2, 0.25) is 0 Å². The van der Waals surface area contributed by atoms with Gasteiger partial charge in [0, 0.05) is 34.9 Å². The van der Waals surface area contributed by atoms with E-state index in [1.54, 1.807) is 35.1 Å². The lowest BCUT2D eigenvalue weighted by Crippen LogP contribution is -2.19. The van der Waals surface area contributed by atoms with E-state index >= 15 is 0 Å². The van der Waals surface area contributed by atoms with Gasteiger partial charge in [0.1, 0.15) is 5.82 Å². The van der Waals surface area contributed by atoms with Gasteiger partial charge < -0.3 is 10.6 Å². The third kappa shape index (κ3) is 3.99. The molecule has 0 aliphatic heterocycles. The third-order valence-corrected chi connectivity index (χ3v) is 4.68. The molecular formula is C23H16FN7O. The molecule has 5 rings (SSSR count). The number of anilines is 2. The molecule has 8 nitrogen and oxygen atoms in total. The van der Waals surface area contributed by atoms with Crippen LogP contribution in [-0.2, 0) is 0 Å². The Kier molecular flexibility index (Phi) is 4.97. The number of nitrogens with one attached hydrogen (secondary N) is 2. The summed E-state index contributed by atoms with van der Waals surface area (Å²) in [4.78, 5) is 16.4. The molecule has 2 N–H and O–H groups in total. The van der Waals surface area contributed by atoms with Crippen molar-refractivity contribution >= 4 is 23.1 Å². The van der Waals surface area contributed by atoms with Gasteiger partial charge >= 0.3 is 6.03 Å². The highest BCUT2D eigenvalue weighted by Crippen LogP contribution is 2.23. The molecule has 156 valence electrons. The number of nitrogens with zero attached hydrogens (tertiary/aromatic N) is 5. The Balaban J connectivity index is 1.41. The fourth-order valence-electron chi connectivity index (χ4n) is 3.23. The summed E-state index contributed by atoms with van der Waals surface area (Å²) < 4.78 is 15.0. The lowest BCUT2D eigenvalue weighted by molar-refractivity contribution is 0.262. The summed E-state index contributed by atoms with van der Waals surface area (Å²) in [5.74, 6) is 0.157. The van der Waals surface area contributed by atoms with E-state index in [9.17, 15) is 9.18 Å². The molecule has 0 fully saturated rings. The van der Waals surface area contributed by atoms with Gasteiger partial charge in [0.15, 0.2) is 11.5 Å². The number of halogens is 1. The van der Waals surface area contributed by atoms with E-state index in [1.807, 2.05) is 36.4 Å². The maximum atomic E-state index is 13.3. The predicted octanol–water partition coefficient (Wildman–Crippen LogP) is 4.64. The first-order valence-corrected chi connectivity index (χ1v) is 9.72. The van der Waals surface area contributed by atoms with E-state index < -0.39 is 11.8 Å². The van der Waals surface area contributed by atoms with Crippen molar-refractivity contribution in [3.63, 3.8) is 0 Å². The van der Waals surface area contributed by atoms with Crippen molar-refractivity contribution in [1.82, 2.24) is 24.8 Å². The Morgan fingerprint density at radius 2 is 1.62 bits per heavy atom. The van der Waals surface area contributed by atoms with Crippen molar-refractivity contribution in [3.8, 4) is 22.6 Å². The zero-order chi connectivity index (χ0) is 21.9. The molecule has 0 saturated carbocycles. The summed E-state index contributed by atoms with van der Waals surface area (Å²) in [5, 5.41) is 18.4. The van der Waals surface area contributed by atoms with Crippen molar-refractivity contribution in [1.29, 1.82) is 0 Å². The predicted molar refractivity (Wildman–Crippen MR) is 118 cm³/mol. The summed E-state index contributed by atoms with van der Waals surface area (Å²) in [6.45, 7) is 0. The molecule has 5 aromatic rings. The first-order chi connectivity index (χ1) is 15.7. The van der Waals surface area contributed by atoms with Gasteiger partial charge in [0.25, 0.3) is 0 Å². The standard InChI is InChI=1S/C23H16FN7O/c24-17-6-2-8-19(13-17)27-23(32)26-18-7-1-4-15(12-18)20-9-10-21-28-29-22(31(21)30-20)16-5-3-11-25-14-16/h1-14H,(H2,26,27,32). The maximum absolute atomic E-state index is 13.3. The molecule has 0 aliphatic carbocycles. The summed E-state index contributed by atoms with van der Waals surface area (Å²) in [7, 11) is 0. The number of aromatic nitrogens is 5. The Bertz CT molecular complexity index is 1420. The van der Waals surface area contributed by atoms with E-state index in [0.717, 1.165) is 11.1 Å². The third-order valence-electron chi connectivity index (χ3n) is 4.68. The molecule has 3 heterocycles. The normalized spacial score (nSPS) is 10.8. The molecule has 0 radical (unpaired) electrons. The highest BCUT2D eigenvalue weighted by atomic mass is 19.1. The van der Waals surface area contributed by atoms with E-state index in [1.165, 1.54) is 18.2 Å². The Morgan fingerprint density at radius 3 is 2.41 bits per heavy atom. The van der Waals surface area contributed by atoms with E-state index in [2.05, 4.69) is 30.9 Å². The van der Waals surface area contributed by atoms with Crippen molar-refractivity contribution in [2.24, 2.45) is 0 Å². The number of carbonyl (C=O) groups is 1. The topological polar surface area (TPSA) is 97.1 Å². The number of hydrogen-bond acceptors (Lipinski definition) is 5. The molecule has 2 aromatic carbocycles. The van der Waals surface area contributed by atoms with Gasteiger partial charge in [-0.25, -0.2) is 9.18 Å². The van der Waals surface area contributed by atoms with Gasteiger partial charge in [-0.05, 0) is 54.6 Å². The number of rotatable bonds is 4. The molecule has 0 unspecified atom stereocenters. The average Bonchev–Trinajstić information content (AvgIpc) is 3.23. The lowest BCUT2D eigenvalue weighted by atomic mass is 10.1. The van der Waals surface area contributed by atoms with Crippen LogP contribution in [0.3, 0.4) is 0 Å². The highest BCUT2D eigenvalue weighted by molar-refractivity contribution is 6.00. The fraction of sp³-hybridized carbons (Fsp3) is 0. The van der Waals surface area contributed by atoms with Crippen molar-refractivity contribution in [2.75, 3.05) is 10.6 Å². The second kappa shape index (κ2) is 8.23. The van der Waals surface area contributed by atoms with Crippen LogP contribution in [0.2, 0.25) is 0 Å². The summed E-state index contributed by atoms with van der Waals surface area (Å²) in [5.41, 5.74) is 3.80. The van der Waals surface area contributed by atoms with Crippen LogP contribution in [0.15, 0.2) is 85.2 Å². The molecule has 0 bridgehead atoms. The first-order valence-electron chi connectivity index (χ1n) is 9.72. The Hall–Kier alpha value is -4.66. The zero-order valence-electron chi connectivity index (χ0n) is 16.6. The van der Waals surface area contributed by atoms with Gasteiger partial charge in [-0.2, -0.15) is 9.61 Å². The minimum atomic E-state index is -0.478. The van der Waals surface area contributed by atoms with Crippen LogP contribution in [0, 0.1) is 5.82 Å². The van der Waals surface area contributed by atoms with Crippen LogP contribution >= 0.6 is 0 Å². The number of urea groups is 1. The van der Waals surface area contributed by atoms with Crippen LogP contribution in [-0.4, -0.2) is 30.8 Å². The van der Waals surface area contributed by atoms with Gasteiger partial charge in [0.05, 0.1) is 5.69 Å². The molecule has 2 amide bonds. The Morgan fingerprint density at radius 1 is 0.844 bits per heavy atom. The van der Waals surface area contributed by atoms with Gasteiger partial charge in [-0.3, -0.25) is 4.98 Å². The van der Waals surface area contributed by atoms with Crippen LogP contribution in [0.25, 0.3) is 28.3 Å². The zero-order valence-corrected chi connectivity index (χ0v) is 16.6. The van der Waals surface area contributed by atoms with Crippen molar-refractivity contribution < 1.29 is 9.18 Å². The highest BCUT2D eigenvalue weighted by Gasteiger charge is 2.11. The van der Waals surface area contributed by atoms with Gasteiger partial charge in [-0.15, -0.1) is 10.2 Å². The summed E-state index contributed by atoms with van der Waals surface area (Å²) in [6, 6.07) is 19.8. The van der Waals surface area contributed by atoms with E-state index in [0.29, 0.717) is 28.5 Å². The van der Waals surface area contributed by atoms with Gasteiger partial charge in [-0.1, -0.05) is 18.2 Å². The van der Waals surface area contributed by atoms with Crippen LogP contribution in [0.1, 0.15) is 0 Å².